The Morgan fingerprint density at radius 3 is 2.77 bits per heavy atom. The Morgan fingerprint density at radius 2 is 2.00 bits per heavy atom. The molecule has 116 valence electrons. The van der Waals surface area contributed by atoms with Gasteiger partial charge in [-0.25, -0.2) is 9.97 Å². The number of amides is 1. The molecule has 0 aliphatic rings. The van der Waals surface area contributed by atoms with Crippen LogP contribution in [0.2, 0.25) is 0 Å². The Balaban J connectivity index is 1.87. The van der Waals surface area contributed by atoms with Crippen molar-refractivity contribution in [1.82, 2.24) is 20.3 Å². The van der Waals surface area contributed by atoms with Crippen molar-refractivity contribution in [3.8, 4) is 0 Å². The van der Waals surface area contributed by atoms with E-state index in [1.54, 1.807) is 18.5 Å². The fourth-order valence-electron chi connectivity index (χ4n) is 1.94. The van der Waals surface area contributed by atoms with Crippen LogP contribution in [0.5, 0.6) is 0 Å². The molecule has 6 heteroatoms. The molecule has 0 aliphatic heterocycles. The molecule has 0 saturated heterocycles. The van der Waals surface area contributed by atoms with Gasteiger partial charge >= 0.3 is 0 Å². The van der Waals surface area contributed by atoms with Crippen LogP contribution < -0.4 is 10.6 Å². The zero-order valence-corrected chi connectivity index (χ0v) is 12.7. The number of hydrogen-bond donors (Lipinski definition) is 2. The maximum Gasteiger partial charge on any atom is 0.270 e. The van der Waals surface area contributed by atoms with Crippen molar-refractivity contribution in [2.24, 2.45) is 0 Å². The van der Waals surface area contributed by atoms with E-state index in [0.717, 1.165) is 24.8 Å². The molecule has 0 unspecified atom stereocenters. The van der Waals surface area contributed by atoms with E-state index in [-0.39, 0.29) is 5.91 Å². The van der Waals surface area contributed by atoms with Crippen LogP contribution in [0.4, 0.5) is 5.82 Å². The number of carbonyl (C=O) groups excluding carboxylic acids is 1. The molecule has 6 nitrogen and oxygen atoms in total. The average Bonchev–Trinajstić information content (AvgIpc) is 2.58. The summed E-state index contributed by atoms with van der Waals surface area (Å²) < 4.78 is 0. The molecule has 2 rings (SSSR count). The maximum absolute atomic E-state index is 12.0. The van der Waals surface area contributed by atoms with Gasteiger partial charge in [0.25, 0.3) is 5.91 Å². The summed E-state index contributed by atoms with van der Waals surface area (Å²) in [4.78, 5) is 24.1. The van der Waals surface area contributed by atoms with Crippen molar-refractivity contribution in [3.05, 3.63) is 48.2 Å². The van der Waals surface area contributed by atoms with Crippen molar-refractivity contribution in [3.63, 3.8) is 0 Å². The second-order valence-electron chi connectivity index (χ2n) is 4.96. The Bertz CT molecular complexity index is 588. The number of nitrogens with one attached hydrogen (secondary N) is 2. The van der Waals surface area contributed by atoms with Crippen molar-refractivity contribution in [2.75, 3.05) is 11.9 Å². The first-order chi connectivity index (χ1) is 10.8. The minimum atomic E-state index is -0.162. The molecule has 2 aromatic rings. The summed E-state index contributed by atoms with van der Waals surface area (Å²) >= 11 is 0. The summed E-state index contributed by atoms with van der Waals surface area (Å²) in [6.45, 7) is 3.43. The molecule has 0 aliphatic carbocycles. The lowest BCUT2D eigenvalue weighted by Crippen LogP contribution is -2.25. The third-order valence-electron chi connectivity index (χ3n) is 3.19. The highest BCUT2D eigenvalue weighted by molar-refractivity contribution is 5.92. The lowest BCUT2D eigenvalue weighted by Gasteiger charge is -2.07. The first-order valence-corrected chi connectivity index (χ1v) is 7.52. The van der Waals surface area contributed by atoms with E-state index in [1.165, 1.54) is 6.33 Å². The van der Waals surface area contributed by atoms with Crippen molar-refractivity contribution in [1.29, 1.82) is 0 Å². The van der Waals surface area contributed by atoms with E-state index in [1.807, 2.05) is 12.1 Å². The Labute approximate surface area is 130 Å². The highest BCUT2D eigenvalue weighted by Crippen LogP contribution is 2.07. The molecule has 2 aromatic heterocycles. The smallest absolute Gasteiger partial charge is 0.270 e. The number of rotatable bonds is 8. The van der Waals surface area contributed by atoms with Crippen LogP contribution in [-0.2, 0) is 6.54 Å². The van der Waals surface area contributed by atoms with Gasteiger partial charge in [0.1, 0.15) is 17.8 Å². The van der Waals surface area contributed by atoms with Crippen LogP contribution >= 0.6 is 0 Å². The van der Waals surface area contributed by atoms with Gasteiger partial charge in [0, 0.05) is 31.5 Å². The quantitative estimate of drug-likeness (QED) is 0.732. The normalized spacial score (nSPS) is 10.2. The minimum absolute atomic E-state index is 0.162. The van der Waals surface area contributed by atoms with E-state index in [0.29, 0.717) is 24.6 Å². The van der Waals surface area contributed by atoms with Crippen molar-refractivity contribution in [2.45, 2.75) is 32.7 Å². The highest BCUT2D eigenvalue weighted by Gasteiger charge is 2.07. The second kappa shape index (κ2) is 8.71. The van der Waals surface area contributed by atoms with Gasteiger partial charge in [-0.2, -0.15) is 0 Å². The fourth-order valence-corrected chi connectivity index (χ4v) is 1.94. The average molecular weight is 299 g/mol. The number of nitrogens with zero attached hydrogens (tertiary/aromatic N) is 3. The van der Waals surface area contributed by atoms with Crippen LogP contribution in [0, 0.1) is 0 Å². The summed E-state index contributed by atoms with van der Waals surface area (Å²) in [5.41, 5.74) is 1.47. The van der Waals surface area contributed by atoms with Gasteiger partial charge in [0.2, 0.25) is 0 Å². The molecular formula is C16H21N5O. The molecule has 2 heterocycles. The summed E-state index contributed by atoms with van der Waals surface area (Å²) in [5, 5.41) is 6.04. The molecule has 0 radical (unpaired) electrons. The Morgan fingerprint density at radius 1 is 1.18 bits per heavy atom. The lowest BCUT2D eigenvalue weighted by molar-refractivity contribution is 0.0948. The van der Waals surface area contributed by atoms with Crippen LogP contribution in [0.1, 0.15) is 42.2 Å². The summed E-state index contributed by atoms with van der Waals surface area (Å²) in [7, 11) is 0. The summed E-state index contributed by atoms with van der Waals surface area (Å²) in [6.07, 6.45) is 8.11. The molecule has 1 amide bonds. The Hall–Kier alpha value is -2.50. The van der Waals surface area contributed by atoms with Crippen molar-refractivity contribution >= 4 is 11.7 Å². The number of carbonyl (C=O) groups is 1. The molecular weight excluding hydrogens is 278 g/mol. The molecule has 0 aromatic carbocycles. The molecule has 22 heavy (non-hydrogen) atoms. The third kappa shape index (κ3) is 5.12. The van der Waals surface area contributed by atoms with Crippen LogP contribution in [0.3, 0.4) is 0 Å². The number of unbranched alkanes of at least 4 members (excludes halogenated alkanes) is 2. The van der Waals surface area contributed by atoms with Gasteiger partial charge < -0.3 is 10.6 Å². The molecule has 0 spiro atoms. The highest BCUT2D eigenvalue weighted by atomic mass is 16.1. The van der Waals surface area contributed by atoms with Crippen LogP contribution in [0.25, 0.3) is 0 Å². The number of aromatic nitrogens is 3. The Kier molecular flexibility index (Phi) is 6.29. The SMILES string of the molecule is CCCCCNC(=O)c1cc(NCc2ccncc2)ncn1. The standard InChI is InChI=1S/C16H21N5O/c1-2-3-4-7-18-16(22)14-10-15(21-12-20-14)19-11-13-5-8-17-9-6-13/h5-6,8-10,12H,2-4,7,11H2,1H3,(H,18,22)(H,19,20,21). The predicted molar refractivity (Wildman–Crippen MR) is 85.5 cm³/mol. The van der Waals surface area contributed by atoms with Gasteiger partial charge in [-0.1, -0.05) is 19.8 Å². The molecule has 0 saturated carbocycles. The van der Waals surface area contributed by atoms with Gasteiger partial charge in [0.15, 0.2) is 0 Å². The van der Waals surface area contributed by atoms with E-state index in [4.69, 9.17) is 0 Å². The van der Waals surface area contributed by atoms with Crippen LogP contribution in [0.15, 0.2) is 36.9 Å². The summed E-state index contributed by atoms with van der Waals surface area (Å²) in [6, 6.07) is 5.52. The largest absolute Gasteiger partial charge is 0.366 e. The van der Waals surface area contributed by atoms with Crippen LogP contribution in [-0.4, -0.2) is 27.4 Å². The number of pyridine rings is 1. The lowest BCUT2D eigenvalue weighted by atomic mass is 10.2. The minimum Gasteiger partial charge on any atom is -0.366 e. The van der Waals surface area contributed by atoms with E-state index in [2.05, 4.69) is 32.5 Å². The zero-order chi connectivity index (χ0) is 15.6. The molecule has 0 atom stereocenters. The summed E-state index contributed by atoms with van der Waals surface area (Å²) in [5.74, 6) is 0.469. The molecule has 0 fully saturated rings. The fraction of sp³-hybridized carbons (Fsp3) is 0.375. The first-order valence-electron chi connectivity index (χ1n) is 7.52. The number of anilines is 1. The predicted octanol–water partition coefficient (Wildman–Crippen LogP) is 2.40. The molecule has 2 N–H and O–H groups in total. The van der Waals surface area contributed by atoms with Gasteiger partial charge in [0.05, 0.1) is 0 Å². The monoisotopic (exact) mass is 299 g/mol. The molecule has 0 bridgehead atoms. The third-order valence-corrected chi connectivity index (χ3v) is 3.19. The first kappa shape index (κ1) is 15.9. The topological polar surface area (TPSA) is 79.8 Å². The van der Waals surface area contributed by atoms with Gasteiger partial charge in [-0.3, -0.25) is 9.78 Å². The van der Waals surface area contributed by atoms with Gasteiger partial charge in [-0.15, -0.1) is 0 Å². The van der Waals surface area contributed by atoms with E-state index < -0.39 is 0 Å². The number of hydrogen-bond acceptors (Lipinski definition) is 5. The zero-order valence-electron chi connectivity index (χ0n) is 12.7. The van der Waals surface area contributed by atoms with E-state index >= 15 is 0 Å². The van der Waals surface area contributed by atoms with Gasteiger partial charge in [-0.05, 0) is 24.1 Å². The maximum atomic E-state index is 12.0. The van der Waals surface area contributed by atoms with E-state index in [9.17, 15) is 4.79 Å². The second-order valence-corrected chi connectivity index (χ2v) is 4.96. The van der Waals surface area contributed by atoms with Crippen molar-refractivity contribution < 1.29 is 4.79 Å².